The normalized spacial score (nSPS) is 13.9. The van der Waals surface area contributed by atoms with Crippen LogP contribution in [0, 0.1) is 0 Å². The van der Waals surface area contributed by atoms with Gasteiger partial charge >= 0.3 is 0 Å². The van der Waals surface area contributed by atoms with E-state index in [1.54, 1.807) is 0 Å². The van der Waals surface area contributed by atoms with Crippen LogP contribution in [0.2, 0.25) is 0 Å². The Morgan fingerprint density at radius 1 is 1.22 bits per heavy atom. The third kappa shape index (κ3) is 5.39. The molecule has 1 fully saturated rings. The van der Waals surface area contributed by atoms with Gasteiger partial charge in [0.15, 0.2) is 0 Å². The molecule has 2 rings (SSSR count). The van der Waals surface area contributed by atoms with E-state index < -0.39 is 0 Å². The maximum absolute atomic E-state index is 12.0. The van der Waals surface area contributed by atoms with E-state index in [-0.39, 0.29) is 5.91 Å². The van der Waals surface area contributed by atoms with E-state index in [0.717, 1.165) is 36.2 Å². The molecular formula is C17H25N3OS2. The first kappa shape index (κ1) is 18.1. The second-order valence-electron chi connectivity index (χ2n) is 5.52. The molecule has 0 bridgehead atoms. The smallest absolute Gasteiger partial charge is 0.234 e. The lowest BCUT2D eigenvalue weighted by molar-refractivity contribution is -0.113. The molecule has 1 aromatic carbocycles. The Balaban J connectivity index is 1.79. The maximum atomic E-state index is 12.0. The molecule has 23 heavy (non-hydrogen) atoms. The van der Waals surface area contributed by atoms with Crippen molar-refractivity contribution in [3.05, 3.63) is 24.3 Å². The van der Waals surface area contributed by atoms with Crippen molar-refractivity contribution >= 4 is 45.6 Å². The van der Waals surface area contributed by atoms with Gasteiger partial charge in [0.25, 0.3) is 0 Å². The number of nitrogens with zero attached hydrogens (tertiary/aromatic N) is 2. The predicted molar refractivity (Wildman–Crippen MR) is 104 cm³/mol. The molecule has 0 spiro atoms. The Labute approximate surface area is 148 Å². The second-order valence-corrected chi connectivity index (χ2v) is 7.13. The maximum Gasteiger partial charge on any atom is 0.234 e. The minimum atomic E-state index is -0.0153. The molecule has 1 aliphatic heterocycles. The van der Waals surface area contributed by atoms with Crippen molar-refractivity contribution in [2.24, 2.45) is 0 Å². The average Bonchev–Trinajstić information content (AvgIpc) is 3.09. The number of hydrogen-bond acceptors (Lipinski definition) is 4. The van der Waals surface area contributed by atoms with Crippen LogP contribution in [0.3, 0.4) is 0 Å². The van der Waals surface area contributed by atoms with Gasteiger partial charge in [-0.2, -0.15) is 0 Å². The SMILES string of the molecule is CCN(CC)C(=S)SCC(=O)Nc1ccc(N2CCCC2)cc1. The summed E-state index contributed by atoms with van der Waals surface area (Å²) in [5.74, 6) is 0.335. The highest BCUT2D eigenvalue weighted by Gasteiger charge is 2.13. The summed E-state index contributed by atoms with van der Waals surface area (Å²) in [6, 6.07) is 8.10. The molecule has 126 valence electrons. The standard InChI is InChI=1S/C17H25N3OS2/c1-3-19(4-2)17(22)23-13-16(21)18-14-7-9-15(10-8-14)20-11-5-6-12-20/h7-10H,3-6,11-13H2,1-2H3,(H,18,21). The molecule has 0 radical (unpaired) electrons. The Morgan fingerprint density at radius 3 is 2.39 bits per heavy atom. The van der Waals surface area contributed by atoms with Crippen LogP contribution in [0.15, 0.2) is 24.3 Å². The van der Waals surface area contributed by atoms with E-state index in [1.807, 2.05) is 12.1 Å². The highest BCUT2D eigenvalue weighted by atomic mass is 32.2. The highest BCUT2D eigenvalue weighted by Crippen LogP contribution is 2.22. The van der Waals surface area contributed by atoms with Crippen molar-refractivity contribution in [2.45, 2.75) is 26.7 Å². The largest absolute Gasteiger partial charge is 0.372 e. The van der Waals surface area contributed by atoms with Gasteiger partial charge < -0.3 is 15.1 Å². The number of amides is 1. The van der Waals surface area contributed by atoms with Crippen LogP contribution < -0.4 is 10.2 Å². The van der Waals surface area contributed by atoms with Crippen molar-refractivity contribution < 1.29 is 4.79 Å². The molecule has 0 unspecified atom stereocenters. The Kier molecular flexibility index (Phi) is 7.17. The Morgan fingerprint density at radius 2 is 1.83 bits per heavy atom. The summed E-state index contributed by atoms with van der Waals surface area (Å²) < 4.78 is 0.787. The molecule has 6 heteroatoms. The molecule has 1 aromatic rings. The van der Waals surface area contributed by atoms with Crippen LogP contribution in [0.5, 0.6) is 0 Å². The van der Waals surface area contributed by atoms with Crippen molar-refractivity contribution in [1.82, 2.24) is 4.90 Å². The van der Waals surface area contributed by atoms with Gasteiger partial charge in [-0.15, -0.1) is 0 Å². The van der Waals surface area contributed by atoms with E-state index in [4.69, 9.17) is 12.2 Å². The van der Waals surface area contributed by atoms with Gasteiger partial charge in [-0.25, -0.2) is 0 Å². The second kappa shape index (κ2) is 9.13. The van der Waals surface area contributed by atoms with E-state index >= 15 is 0 Å². The molecule has 0 atom stereocenters. The lowest BCUT2D eigenvalue weighted by Gasteiger charge is -2.20. The summed E-state index contributed by atoms with van der Waals surface area (Å²) >= 11 is 6.76. The summed E-state index contributed by atoms with van der Waals surface area (Å²) in [5, 5.41) is 2.93. The first-order chi connectivity index (χ1) is 11.1. The molecule has 4 nitrogen and oxygen atoms in total. The lowest BCUT2D eigenvalue weighted by Crippen LogP contribution is -2.28. The Hall–Kier alpha value is -1.27. The summed E-state index contributed by atoms with van der Waals surface area (Å²) in [4.78, 5) is 16.5. The van der Waals surface area contributed by atoms with E-state index in [2.05, 4.69) is 41.1 Å². The quantitative estimate of drug-likeness (QED) is 0.793. The number of hydrogen-bond donors (Lipinski definition) is 1. The number of nitrogens with one attached hydrogen (secondary N) is 1. The zero-order valence-corrected chi connectivity index (χ0v) is 15.5. The Bertz CT molecular complexity index is 523. The van der Waals surface area contributed by atoms with Gasteiger partial charge in [0.2, 0.25) is 5.91 Å². The van der Waals surface area contributed by atoms with Gasteiger partial charge in [0.1, 0.15) is 4.32 Å². The van der Waals surface area contributed by atoms with E-state index in [1.165, 1.54) is 30.3 Å². The molecule has 0 aliphatic carbocycles. The van der Waals surface area contributed by atoms with Crippen LogP contribution in [0.4, 0.5) is 11.4 Å². The van der Waals surface area contributed by atoms with Crippen molar-refractivity contribution in [1.29, 1.82) is 0 Å². The number of carbonyl (C=O) groups is 1. The third-order valence-corrected chi connectivity index (χ3v) is 5.49. The molecule has 1 heterocycles. The fourth-order valence-corrected chi connectivity index (χ4v) is 3.83. The number of rotatable bonds is 6. The molecule has 1 saturated heterocycles. The summed E-state index contributed by atoms with van der Waals surface area (Å²) in [6.45, 7) is 8.15. The first-order valence-corrected chi connectivity index (χ1v) is 9.60. The molecule has 1 N–H and O–H groups in total. The number of carbonyl (C=O) groups excluding carboxylic acids is 1. The van der Waals surface area contributed by atoms with E-state index in [9.17, 15) is 4.79 Å². The van der Waals surface area contributed by atoms with Crippen molar-refractivity contribution in [3.8, 4) is 0 Å². The van der Waals surface area contributed by atoms with Crippen LogP contribution in [0.1, 0.15) is 26.7 Å². The van der Waals surface area contributed by atoms with Crippen LogP contribution in [-0.2, 0) is 4.79 Å². The van der Waals surface area contributed by atoms with Gasteiger partial charge in [-0.1, -0.05) is 24.0 Å². The van der Waals surface area contributed by atoms with E-state index in [0.29, 0.717) is 5.75 Å². The van der Waals surface area contributed by atoms with Crippen molar-refractivity contribution in [3.63, 3.8) is 0 Å². The molecule has 1 aliphatic rings. The lowest BCUT2D eigenvalue weighted by atomic mass is 10.2. The number of benzene rings is 1. The minimum absolute atomic E-state index is 0.0153. The zero-order valence-electron chi connectivity index (χ0n) is 13.9. The minimum Gasteiger partial charge on any atom is -0.372 e. The van der Waals surface area contributed by atoms with Crippen LogP contribution >= 0.6 is 24.0 Å². The first-order valence-electron chi connectivity index (χ1n) is 8.20. The molecule has 0 aromatic heterocycles. The highest BCUT2D eigenvalue weighted by molar-refractivity contribution is 8.23. The zero-order chi connectivity index (χ0) is 16.7. The number of anilines is 2. The average molecular weight is 352 g/mol. The van der Waals surface area contributed by atoms with Crippen LogP contribution in [0.25, 0.3) is 0 Å². The van der Waals surface area contributed by atoms with Gasteiger partial charge in [0.05, 0.1) is 5.75 Å². The topological polar surface area (TPSA) is 35.6 Å². The number of thiocarbonyl (C=S) groups is 1. The fourth-order valence-electron chi connectivity index (χ4n) is 2.63. The van der Waals surface area contributed by atoms with Crippen LogP contribution in [-0.4, -0.2) is 47.1 Å². The number of thioether (sulfide) groups is 1. The van der Waals surface area contributed by atoms with Crippen molar-refractivity contribution in [2.75, 3.05) is 42.1 Å². The summed E-state index contributed by atoms with van der Waals surface area (Å²) in [7, 11) is 0. The summed E-state index contributed by atoms with van der Waals surface area (Å²) in [5.41, 5.74) is 2.07. The van der Waals surface area contributed by atoms with Gasteiger partial charge in [-0.3, -0.25) is 4.79 Å². The van der Waals surface area contributed by atoms with Gasteiger partial charge in [-0.05, 0) is 51.0 Å². The molecule has 1 amide bonds. The third-order valence-electron chi connectivity index (χ3n) is 3.97. The monoisotopic (exact) mass is 351 g/mol. The molecular weight excluding hydrogens is 326 g/mol. The van der Waals surface area contributed by atoms with Gasteiger partial charge in [0, 0.05) is 37.6 Å². The predicted octanol–water partition coefficient (Wildman–Crippen LogP) is 3.59. The fraction of sp³-hybridized carbons (Fsp3) is 0.529. The summed E-state index contributed by atoms with van der Waals surface area (Å²) in [6.07, 6.45) is 2.53. The molecule has 0 saturated carbocycles.